The maximum Gasteiger partial charge on any atom is 0.290 e. The summed E-state index contributed by atoms with van der Waals surface area (Å²) < 4.78 is 86.1. The molecular formula is C85H82F4N28O10S4. The molecular weight excluding hydrogens is 1780 g/mol. The number of halogens is 4. The number of anilines is 4. The van der Waals surface area contributed by atoms with E-state index >= 15 is 0 Å². The molecule has 20 rings (SSSR count). The lowest BCUT2D eigenvalue weighted by atomic mass is 9.89. The third kappa shape index (κ3) is 21.5. The Balaban J connectivity index is 0.000000126. The quantitative estimate of drug-likeness (QED) is 0.0125. The minimum Gasteiger partial charge on any atom is -0.483 e. The lowest BCUT2D eigenvalue weighted by molar-refractivity contribution is -0.122. The summed E-state index contributed by atoms with van der Waals surface area (Å²) in [6.45, 7) is 10.3. The van der Waals surface area contributed by atoms with Crippen LogP contribution in [0.3, 0.4) is 0 Å². The summed E-state index contributed by atoms with van der Waals surface area (Å²) in [6, 6.07) is 15.2. The van der Waals surface area contributed by atoms with Gasteiger partial charge in [-0.1, -0.05) is 12.1 Å². The minimum absolute atomic E-state index is 0.0830. The van der Waals surface area contributed by atoms with Gasteiger partial charge in [-0.15, -0.1) is 45.3 Å². The molecule has 4 amide bonds. The number of aromatic amines is 4. The number of pyridine rings is 4. The molecule has 16 heterocycles. The maximum absolute atomic E-state index is 14.5. The zero-order valence-electron chi connectivity index (χ0n) is 70.1. The molecule has 0 spiro atoms. The highest BCUT2D eigenvalue weighted by molar-refractivity contribution is 7.14. The number of aromatic nitrogens is 24. The van der Waals surface area contributed by atoms with Gasteiger partial charge in [0, 0.05) is 132 Å². The first kappa shape index (κ1) is 90.1. The molecule has 4 saturated carbocycles. The zero-order valence-corrected chi connectivity index (χ0v) is 73.3. The van der Waals surface area contributed by atoms with Crippen molar-refractivity contribution < 1.29 is 65.6 Å². The second-order valence-electron chi connectivity index (χ2n) is 29.7. The van der Waals surface area contributed by atoms with Gasteiger partial charge in [0.1, 0.15) is 77.0 Å². The number of carboxylic acid groups (broad SMARTS) is 1. The fraction of sp³-hybridized carbons (Fsp3) is 0.282. The molecule has 674 valence electrons. The fourth-order valence-electron chi connectivity index (χ4n) is 14.4. The normalized spacial score (nSPS) is 17.5. The van der Waals surface area contributed by atoms with Gasteiger partial charge in [-0.25, -0.2) is 38.7 Å². The smallest absolute Gasteiger partial charge is 0.290 e. The Morgan fingerprint density at radius 3 is 0.908 bits per heavy atom. The van der Waals surface area contributed by atoms with E-state index in [1.807, 2.05) is 27.7 Å². The van der Waals surface area contributed by atoms with Crippen molar-refractivity contribution in [3.05, 3.63) is 215 Å². The van der Waals surface area contributed by atoms with Gasteiger partial charge >= 0.3 is 0 Å². The number of carbonyl (C=O) groups excluding carboxylic acids is 4. The third-order valence-corrected chi connectivity index (χ3v) is 24.7. The van der Waals surface area contributed by atoms with E-state index < -0.39 is 35.3 Å². The van der Waals surface area contributed by atoms with Crippen LogP contribution in [-0.2, 0) is 23.7 Å². The summed E-state index contributed by atoms with van der Waals surface area (Å²) in [7, 11) is 0. The van der Waals surface area contributed by atoms with Crippen LogP contribution in [0.2, 0.25) is 0 Å². The van der Waals surface area contributed by atoms with Crippen LogP contribution in [-0.4, -0.2) is 206 Å². The van der Waals surface area contributed by atoms with Gasteiger partial charge in [-0.3, -0.25) is 73.1 Å². The molecule has 131 heavy (non-hydrogen) atoms. The molecule has 4 aliphatic carbocycles. The Hall–Kier alpha value is -14.3. The number of thiazole rings is 4. The molecule has 46 heteroatoms. The summed E-state index contributed by atoms with van der Waals surface area (Å²) in [5.41, 5.74) is 8.15. The first-order chi connectivity index (χ1) is 63.9. The van der Waals surface area contributed by atoms with Crippen LogP contribution >= 0.6 is 45.3 Å². The number of carbonyl (C=O) groups is 5. The molecule has 4 aliphatic rings. The van der Waals surface area contributed by atoms with Gasteiger partial charge in [0.05, 0.1) is 108 Å². The van der Waals surface area contributed by atoms with Crippen molar-refractivity contribution in [2.75, 3.05) is 47.7 Å². The van der Waals surface area contributed by atoms with Crippen molar-refractivity contribution in [2.45, 2.75) is 128 Å². The van der Waals surface area contributed by atoms with Gasteiger partial charge in [0.2, 0.25) is 11.9 Å². The van der Waals surface area contributed by atoms with E-state index in [-0.39, 0.29) is 112 Å². The number of H-pyrrole nitrogens is 4. The van der Waals surface area contributed by atoms with Crippen molar-refractivity contribution in [3.63, 3.8) is 0 Å². The summed E-state index contributed by atoms with van der Waals surface area (Å²) in [6.07, 6.45) is 30.7. The van der Waals surface area contributed by atoms with Crippen molar-refractivity contribution in [3.8, 4) is 87.8 Å². The summed E-state index contributed by atoms with van der Waals surface area (Å²) in [5.74, 6) is -3.82. The van der Waals surface area contributed by atoms with Crippen LogP contribution in [0.4, 0.5) is 40.3 Å². The van der Waals surface area contributed by atoms with E-state index in [0.717, 1.165) is 73.6 Å². The molecule has 0 radical (unpaired) electrons. The Bertz CT molecular complexity index is 6140. The van der Waals surface area contributed by atoms with Crippen LogP contribution in [0.25, 0.3) is 87.8 Å². The molecule has 0 saturated heterocycles. The molecule has 0 aromatic carbocycles. The highest BCUT2D eigenvalue weighted by Gasteiger charge is 2.38. The second-order valence-corrected chi connectivity index (χ2v) is 33.1. The number of ether oxygens (including phenoxy) is 4. The average Bonchev–Trinajstić information content (AvgIpc) is 1.65. The monoisotopic (exact) mass is 1860 g/mol. The van der Waals surface area contributed by atoms with Gasteiger partial charge in [-0.2, -0.15) is 49.6 Å². The second kappa shape index (κ2) is 41.9. The fourth-order valence-corrected chi connectivity index (χ4v) is 17.5. The predicted molar refractivity (Wildman–Crippen MR) is 476 cm³/mol. The van der Waals surface area contributed by atoms with Gasteiger partial charge in [0.25, 0.3) is 30.1 Å². The van der Waals surface area contributed by atoms with E-state index in [2.05, 4.69) is 122 Å². The maximum atomic E-state index is 14.5. The molecule has 0 bridgehead atoms. The minimum atomic E-state index is -0.612. The van der Waals surface area contributed by atoms with Crippen molar-refractivity contribution in [1.29, 1.82) is 0 Å². The average molecular weight is 1860 g/mol. The molecule has 38 nitrogen and oxygen atoms in total. The van der Waals surface area contributed by atoms with Crippen LogP contribution in [0.15, 0.2) is 169 Å². The van der Waals surface area contributed by atoms with E-state index in [4.69, 9.17) is 28.8 Å². The standard InChI is InChI=1S/4C21H20FN7O2S.CH2O2/c2*1-2-31-14-6-13(7-14)29-10-16(19(28-29)18-15(22)4-3-5-23-18)26-20(30)17-11-32-21(27-17)12-8-24-25-9-12;2*1-2-31-14-6-13(7-14)29-10-16(19(28-29)15-4-3-5-18(22)25-15)26-20(30)17-11-32-21(27-17)12-8-23-24-9-12;2-1-3/h2*3-5,8-11,13-14H,2,6-7H2,1H3,(H,24,25)(H,26,30);2*3-5,8-11,13-14H,2,6-7H2,1H3,(H,23,24)(H,26,30);1H,(H,2,3). The Morgan fingerprint density at radius 1 is 0.397 bits per heavy atom. The molecule has 16 aromatic rings. The molecule has 0 unspecified atom stereocenters. The summed E-state index contributed by atoms with van der Waals surface area (Å²) in [4.78, 5) is 93.7. The van der Waals surface area contributed by atoms with Crippen LogP contribution < -0.4 is 21.3 Å². The SMILES string of the molecule is CCOC1CC(n2cc(NC(=O)c3csc(-c4cn[nH]c4)n3)c(-c3cccc(F)n3)n2)C1.CCOC1CC(n2cc(NC(=O)c3csc(-c4cn[nH]c4)n3)c(-c3cccc(F)n3)n2)C1.CCOC1CC(n2cc(NC(=O)c3csc(-c4cn[nH]c4)n3)c(-c3ncccc3F)n2)C1.CCOC1CC(n2cc(NC(=O)c3csc(-c4cn[nH]c4)n3)c(-c3ncccc3F)n2)C1.O=CO. The number of nitrogens with zero attached hydrogens (tertiary/aromatic N) is 20. The third-order valence-electron chi connectivity index (χ3n) is 21.1. The first-order valence-electron chi connectivity index (χ1n) is 41.3. The highest BCUT2D eigenvalue weighted by Crippen LogP contribution is 2.43. The number of nitrogens with one attached hydrogen (secondary N) is 8. The molecule has 16 aromatic heterocycles. The van der Waals surface area contributed by atoms with E-state index in [0.29, 0.717) is 92.0 Å². The molecule has 0 atom stereocenters. The zero-order chi connectivity index (χ0) is 91.0. The Morgan fingerprint density at radius 2 is 0.664 bits per heavy atom. The number of hydrogen-bond donors (Lipinski definition) is 9. The van der Waals surface area contributed by atoms with E-state index in [1.165, 1.54) is 94.1 Å². The number of hydrogen-bond acceptors (Lipinski definition) is 29. The summed E-state index contributed by atoms with van der Waals surface area (Å²) >= 11 is 5.37. The number of amides is 4. The summed E-state index contributed by atoms with van der Waals surface area (Å²) in [5, 5.41) is 72.6. The number of rotatable bonds is 28. The van der Waals surface area contributed by atoms with Gasteiger partial charge < -0.3 is 45.3 Å². The highest BCUT2D eigenvalue weighted by atomic mass is 32.1. The topological polar surface area (TPSA) is 480 Å². The molecule has 4 fully saturated rings. The van der Waals surface area contributed by atoms with Crippen LogP contribution in [0.5, 0.6) is 0 Å². The predicted octanol–water partition coefficient (Wildman–Crippen LogP) is 15.4. The van der Waals surface area contributed by atoms with Gasteiger partial charge in [-0.05, 0) is 128 Å². The van der Waals surface area contributed by atoms with Gasteiger partial charge in [0.15, 0.2) is 11.6 Å². The van der Waals surface area contributed by atoms with Crippen LogP contribution in [0, 0.1) is 23.5 Å². The molecule has 9 N–H and O–H groups in total. The van der Waals surface area contributed by atoms with Crippen molar-refractivity contribution >= 4 is 98.2 Å². The largest absolute Gasteiger partial charge is 0.483 e. The Kier molecular flexibility index (Phi) is 28.8. The van der Waals surface area contributed by atoms with E-state index in [9.17, 15) is 36.7 Å². The van der Waals surface area contributed by atoms with Crippen molar-refractivity contribution in [1.82, 2.24) is 120 Å². The van der Waals surface area contributed by atoms with E-state index in [1.54, 1.807) is 139 Å². The molecule has 0 aliphatic heterocycles. The lowest BCUT2D eigenvalue weighted by Gasteiger charge is -2.34. The Labute approximate surface area is 757 Å². The van der Waals surface area contributed by atoms with Crippen molar-refractivity contribution in [2.24, 2.45) is 0 Å². The first-order valence-corrected chi connectivity index (χ1v) is 44.8. The van der Waals surface area contributed by atoms with Crippen LogP contribution in [0.1, 0.15) is 145 Å². The lowest BCUT2D eigenvalue weighted by Crippen LogP contribution is -2.33.